The minimum atomic E-state index is 0.656. The van der Waals surface area contributed by atoms with Crippen LogP contribution in [0.1, 0.15) is 43.4 Å². The van der Waals surface area contributed by atoms with E-state index in [0.717, 1.165) is 18.3 Å². The molecule has 1 aliphatic rings. The Labute approximate surface area is 116 Å². The van der Waals surface area contributed by atoms with Crippen molar-refractivity contribution >= 4 is 0 Å². The van der Waals surface area contributed by atoms with Crippen molar-refractivity contribution in [3.63, 3.8) is 0 Å². The second kappa shape index (κ2) is 6.25. The van der Waals surface area contributed by atoms with E-state index in [-0.39, 0.29) is 0 Å². The zero-order chi connectivity index (χ0) is 13.8. The number of benzene rings is 1. The molecule has 104 valence electrons. The molecule has 0 spiro atoms. The van der Waals surface area contributed by atoms with E-state index in [4.69, 9.17) is 4.74 Å². The molecule has 1 fully saturated rings. The molecule has 0 radical (unpaired) electrons. The first-order chi connectivity index (χ1) is 9.06. The van der Waals surface area contributed by atoms with Crippen LogP contribution in [0, 0.1) is 13.8 Å². The van der Waals surface area contributed by atoms with E-state index >= 15 is 0 Å². The zero-order valence-corrected chi connectivity index (χ0v) is 12.5. The summed E-state index contributed by atoms with van der Waals surface area (Å²) in [7, 11) is 0. The number of hydrogen-bond donors (Lipinski definition) is 1. The molecule has 0 heterocycles. The molecule has 0 aromatic heterocycles. The Morgan fingerprint density at radius 2 is 1.89 bits per heavy atom. The molecular weight excluding hydrogens is 234 g/mol. The van der Waals surface area contributed by atoms with Gasteiger partial charge in [0.15, 0.2) is 0 Å². The molecular formula is C17H25NO. The van der Waals surface area contributed by atoms with Crippen LogP contribution in [0.3, 0.4) is 0 Å². The Hall–Kier alpha value is -1.28. The van der Waals surface area contributed by atoms with Crippen molar-refractivity contribution in [2.45, 2.75) is 53.1 Å². The van der Waals surface area contributed by atoms with Crippen molar-refractivity contribution in [1.82, 2.24) is 5.32 Å². The molecule has 1 saturated carbocycles. The molecule has 2 nitrogen and oxygen atoms in total. The fourth-order valence-electron chi connectivity index (χ4n) is 2.21. The Balaban J connectivity index is 2.00. The molecule has 0 aliphatic heterocycles. The van der Waals surface area contributed by atoms with Crippen molar-refractivity contribution in [3.05, 3.63) is 40.5 Å². The van der Waals surface area contributed by atoms with Crippen molar-refractivity contribution in [2.75, 3.05) is 6.61 Å². The third-order valence-electron chi connectivity index (χ3n) is 3.41. The van der Waals surface area contributed by atoms with Gasteiger partial charge in [0.25, 0.3) is 0 Å². The molecule has 1 aromatic carbocycles. The second-order valence-electron chi connectivity index (χ2n) is 5.81. The Bertz CT molecular complexity index is 445. The van der Waals surface area contributed by atoms with Crippen LogP contribution in [0.25, 0.3) is 0 Å². The number of allylic oxidation sites excluding steroid dienone is 1. The number of rotatable bonds is 6. The summed E-state index contributed by atoms with van der Waals surface area (Å²) in [5.41, 5.74) is 5.11. The first-order valence-corrected chi connectivity index (χ1v) is 7.16. The Kier molecular flexibility index (Phi) is 4.65. The molecule has 1 aromatic rings. The Morgan fingerprint density at radius 1 is 1.26 bits per heavy atom. The van der Waals surface area contributed by atoms with Gasteiger partial charge in [-0.25, -0.2) is 0 Å². The lowest BCUT2D eigenvalue weighted by atomic mass is 10.1. The van der Waals surface area contributed by atoms with E-state index in [1.54, 1.807) is 0 Å². The quantitative estimate of drug-likeness (QED) is 0.782. The molecule has 2 rings (SSSR count). The summed E-state index contributed by atoms with van der Waals surface area (Å²) in [6.45, 7) is 10.1. The summed E-state index contributed by atoms with van der Waals surface area (Å²) in [5.74, 6) is 1.03. The zero-order valence-electron chi connectivity index (χ0n) is 12.5. The second-order valence-corrected chi connectivity index (χ2v) is 5.81. The molecule has 0 saturated heterocycles. The van der Waals surface area contributed by atoms with Gasteiger partial charge in [0.2, 0.25) is 0 Å². The highest BCUT2D eigenvalue weighted by Crippen LogP contribution is 2.26. The van der Waals surface area contributed by atoms with Crippen molar-refractivity contribution < 1.29 is 4.74 Å². The summed E-state index contributed by atoms with van der Waals surface area (Å²) >= 11 is 0. The standard InChI is InChI=1S/C17H25NO/c1-12(2)7-8-19-17-13(3)9-15(10-14(17)4)11-18-16-5-6-16/h7,9-10,16,18H,5-6,8,11H2,1-4H3. The highest BCUT2D eigenvalue weighted by Gasteiger charge is 2.20. The van der Waals surface area contributed by atoms with E-state index in [0.29, 0.717) is 6.61 Å². The third-order valence-corrected chi connectivity index (χ3v) is 3.41. The van der Waals surface area contributed by atoms with Crippen LogP contribution in [-0.4, -0.2) is 12.6 Å². The molecule has 19 heavy (non-hydrogen) atoms. The smallest absolute Gasteiger partial charge is 0.125 e. The van der Waals surface area contributed by atoms with Crippen molar-refractivity contribution in [1.29, 1.82) is 0 Å². The van der Waals surface area contributed by atoms with Crippen LogP contribution in [0.2, 0.25) is 0 Å². The minimum Gasteiger partial charge on any atom is -0.489 e. The van der Waals surface area contributed by atoms with Gasteiger partial charge in [0, 0.05) is 12.6 Å². The van der Waals surface area contributed by atoms with E-state index in [1.807, 2.05) is 0 Å². The maximum Gasteiger partial charge on any atom is 0.125 e. The SMILES string of the molecule is CC(C)=CCOc1c(C)cc(CNC2CC2)cc1C. The van der Waals surface area contributed by atoms with Gasteiger partial charge in [0.1, 0.15) is 12.4 Å². The summed E-state index contributed by atoms with van der Waals surface area (Å²) in [6, 6.07) is 5.23. The van der Waals surface area contributed by atoms with E-state index in [1.165, 1.54) is 35.1 Å². The fraction of sp³-hybridized carbons (Fsp3) is 0.529. The normalized spacial score (nSPS) is 14.3. The largest absolute Gasteiger partial charge is 0.489 e. The molecule has 2 heteroatoms. The lowest BCUT2D eigenvalue weighted by Crippen LogP contribution is -2.15. The molecule has 1 aliphatic carbocycles. The van der Waals surface area contributed by atoms with Crippen molar-refractivity contribution in [2.24, 2.45) is 0 Å². The van der Waals surface area contributed by atoms with Crippen LogP contribution in [0.4, 0.5) is 0 Å². The van der Waals surface area contributed by atoms with Gasteiger partial charge in [-0.1, -0.05) is 17.7 Å². The van der Waals surface area contributed by atoms with Gasteiger partial charge >= 0.3 is 0 Å². The maximum absolute atomic E-state index is 5.87. The maximum atomic E-state index is 5.87. The van der Waals surface area contributed by atoms with E-state index < -0.39 is 0 Å². The van der Waals surface area contributed by atoms with Crippen LogP contribution >= 0.6 is 0 Å². The lowest BCUT2D eigenvalue weighted by Gasteiger charge is -2.13. The van der Waals surface area contributed by atoms with Crippen LogP contribution < -0.4 is 10.1 Å². The summed E-state index contributed by atoms with van der Waals surface area (Å²) in [5, 5.41) is 3.55. The summed E-state index contributed by atoms with van der Waals surface area (Å²) in [6.07, 6.45) is 4.78. The number of nitrogens with one attached hydrogen (secondary N) is 1. The highest BCUT2D eigenvalue weighted by atomic mass is 16.5. The molecule has 0 amide bonds. The lowest BCUT2D eigenvalue weighted by molar-refractivity contribution is 0.356. The Morgan fingerprint density at radius 3 is 2.42 bits per heavy atom. The minimum absolute atomic E-state index is 0.656. The van der Waals surface area contributed by atoms with Gasteiger partial charge in [-0.2, -0.15) is 0 Å². The number of ether oxygens (including phenoxy) is 1. The van der Waals surface area contributed by atoms with Gasteiger partial charge in [-0.3, -0.25) is 0 Å². The van der Waals surface area contributed by atoms with Gasteiger partial charge in [-0.15, -0.1) is 0 Å². The predicted molar refractivity (Wildman–Crippen MR) is 80.7 cm³/mol. The van der Waals surface area contributed by atoms with Crippen LogP contribution in [-0.2, 0) is 6.54 Å². The summed E-state index contributed by atoms with van der Waals surface area (Å²) < 4.78 is 5.87. The molecule has 0 atom stereocenters. The molecule has 0 bridgehead atoms. The molecule has 0 unspecified atom stereocenters. The predicted octanol–water partition coefficient (Wildman–Crippen LogP) is 3.90. The number of aryl methyl sites for hydroxylation is 2. The van der Waals surface area contributed by atoms with Gasteiger partial charge in [-0.05, 0) is 63.3 Å². The van der Waals surface area contributed by atoms with Gasteiger partial charge in [0.05, 0.1) is 0 Å². The van der Waals surface area contributed by atoms with Crippen LogP contribution in [0.5, 0.6) is 5.75 Å². The fourth-order valence-corrected chi connectivity index (χ4v) is 2.21. The monoisotopic (exact) mass is 259 g/mol. The van der Waals surface area contributed by atoms with E-state index in [2.05, 4.69) is 51.2 Å². The molecule has 1 N–H and O–H groups in total. The van der Waals surface area contributed by atoms with Gasteiger partial charge < -0.3 is 10.1 Å². The highest BCUT2D eigenvalue weighted by molar-refractivity contribution is 5.43. The third kappa shape index (κ3) is 4.39. The van der Waals surface area contributed by atoms with Crippen molar-refractivity contribution in [3.8, 4) is 5.75 Å². The summed E-state index contributed by atoms with van der Waals surface area (Å²) in [4.78, 5) is 0. The average molecular weight is 259 g/mol. The van der Waals surface area contributed by atoms with E-state index in [9.17, 15) is 0 Å². The number of hydrogen-bond acceptors (Lipinski definition) is 2. The topological polar surface area (TPSA) is 21.3 Å². The average Bonchev–Trinajstić information content (AvgIpc) is 3.13. The first kappa shape index (κ1) is 14.1. The first-order valence-electron chi connectivity index (χ1n) is 7.16. The van der Waals surface area contributed by atoms with Crippen LogP contribution in [0.15, 0.2) is 23.8 Å².